The Hall–Kier alpha value is -2.86. The SMILES string of the molecule is COc1cc(OC)cc(C(=O)Nc2nc(-c3ccccc3)c(C)s2)c1. The molecule has 1 heterocycles. The minimum atomic E-state index is -0.259. The Kier molecular flexibility index (Phi) is 5.00. The van der Waals surface area contributed by atoms with Gasteiger partial charge in [0.05, 0.1) is 19.9 Å². The third-order valence-electron chi connectivity index (χ3n) is 3.68. The van der Waals surface area contributed by atoms with Crippen molar-refractivity contribution >= 4 is 22.4 Å². The van der Waals surface area contributed by atoms with Gasteiger partial charge < -0.3 is 9.47 Å². The summed E-state index contributed by atoms with van der Waals surface area (Å²) in [6.45, 7) is 1.99. The van der Waals surface area contributed by atoms with Crippen molar-refractivity contribution in [2.45, 2.75) is 6.92 Å². The zero-order valence-electron chi connectivity index (χ0n) is 14.2. The number of methoxy groups -OCH3 is 2. The summed E-state index contributed by atoms with van der Waals surface area (Å²) in [5.74, 6) is 0.861. The molecule has 0 unspecified atom stereocenters. The molecule has 0 aliphatic heterocycles. The molecule has 0 bridgehead atoms. The van der Waals surface area contributed by atoms with Gasteiger partial charge in [-0.3, -0.25) is 10.1 Å². The lowest BCUT2D eigenvalue weighted by Crippen LogP contribution is -2.12. The molecule has 1 amide bonds. The van der Waals surface area contributed by atoms with E-state index < -0.39 is 0 Å². The number of nitrogens with zero attached hydrogens (tertiary/aromatic N) is 1. The van der Waals surface area contributed by atoms with Gasteiger partial charge in [0.15, 0.2) is 5.13 Å². The topological polar surface area (TPSA) is 60.5 Å². The number of hydrogen-bond acceptors (Lipinski definition) is 5. The van der Waals surface area contributed by atoms with E-state index in [-0.39, 0.29) is 5.91 Å². The molecular formula is C19H18N2O3S. The molecule has 5 nitrogen and oxygen atoms in total. The zero-order chi connectivity index (χ0) is 17.8. The van der Waals surface area contributed by atoms with Crippen LogP contribution in [0.2, 0.25) is 0 Å². The summed E-state index contributed by atoms with van der Waals surface area (Å²) in [6, 6.07) is 14.9. The van der Waals surface area contributed by atoms with Crippen molar-refractivity contribution in [1.29, 1.82) is 0 Å². The Morgan fingerprint density at radius 1 is 1.04 bits per heavy atom. The smallest absolute Gasteiger partial charge is 0.257 e. The van der Waals surface area contributed by atoms with Crippen LogP contribution in [-0.4, -0.2) is 25.1 Å². The van der Waals surface area contributed by atoms with Crippen LogP contribution in [0, 0.1) is 6.92 Å². The molecule has 1 N–H and O–H groups in total. The van der Waals surface area contributed by atoms with Crippen LogP contribution < -0.4 is 14.8 Å². The highest BCUT2D eigenvalue weighted by Gasteiger charge is 2.14. The highest BCUT2D eigenvalue weighted by Crippen LogP contribution is 2.31. The number of carbonyl (C=O) groups is 1. The molecule has 0 atom stereocenters. The first-order valence-corrected chi connectivity index (χ1v) is 8.49. The Bertz CT molecular complexity index is 869. The van der Waals surface area contributed by atoms with Crippen molar-refractivity contribution in [2.75, 3.05) is 19.5 Å². The van der Waals surface area contributed by atoms with Crippen LogP contribution in [0.5, 0.6) is 11.5 Å². The number of aryl methyl sites for hydroxylation is 1. The molecule has 6 heteroatoms. The number of hydrogen-bond donors (Lipinski definition) is 1. The lowest BCUT2D eigenvalue weighted by molar-refractivity contribution is 0.102. The van der Waals surface area contributed by atoms with Gasteiger partial charge in [-0.05, 0) is 19.1 Å². The van der Waals surface area contributed by atoms with Crippen molar-refractivity contribution in [3.05, 3.63) is 59.0 Å². The Morgan fingerprint density at radius 3 is 2.28 bits per heavy atom. The Balaban J connectivity index is 1.85. The van der Waals surface area contributed by atoms with Gasteiger partial charge >= 0.3 is 0 Å². The van der Waals surface area contributed by atoms with Gasteiger partial charge in [-0.2, -0.15) is 0 Å². The molecule has 1 aromatic heterocycles. The quantitative estimate of drug-likeness (QED) is 0.738. The van der Waals surface area contributed by atoms with Crippen LogP contribution in [0.15, 0.2) is 48.5 Å². The van der Waals surface area contributed by atoms with Crippen LogP contribution in [-0.2, 0) is 0 Å². The van der Waals surface area contributed by atoms with Gasteiger partial charge in [-0.1, -0.05) is 30.3 Å². The van der Waals surface area contributed by atoms with Crippen molar-refractivity contribution < 1.29 is 14.3 Å². The van der Waals surface area contributed by atoms with Crippen LogP contribution in [0.25, 0.3) is 11.3 Å². The van der Waals surface area contributed by atoms with Crippen LogP contribution >= 0.6 is 11.3 Å². The molecule has 0 spiro atoms. The van der Waals surface area contributed by atoms with E-state index in [2.05, 4.69) is 10.3 Å². The standard InChI is InChI=1S/C19H18N2O3S/c1-12-17(13-7-5-4-6-8-13)20-19(25-12)21-18(22)14-9-15(23-2)11-16(10-14)24-3/h4-11H,1-3H3,(H,20,21,22). The molecule has 0 aliphatic carbocycles. The zero-order valence-corrected chi connectivity index (χ0v) is 15.0. The largest absolute Gasteiger partial charge is 0.497 e. The minimum Gasteiger partial charge on any atom is -0.497 e. The lowest BCUT2D eigenvalue weighted by Gasteiger charge is -2.08. The van der Waals surface area contributed by atoms with E-state index in [0.29, 0.717) is 22.2 Å². The average Bonchev–Trinajstić information content (AvgIpc) is 3.02. The number of benzene rings is 2. The van der Waals surface area contributed by atoms with E-state index in [1.165, 1.54) is 11.3 Å². The summed E-state index contributed by atoms with van der Waals surface area (Å²) in [5, 5.41) is 3.41. The number of carbonyl (C=O) groups excluding carboxylic acids is 1. The number of rotatable bonds is 5. The summed E-state index contributed by atoms with van der Waals surface area (Å²) < 4.78 is 10.4. The predicted molar refractivity (Wildman–Crippen MR) is 99.8 cm³/mol. The molecule has 2 aromatic carbocycles. The first-order chi connectivity index (χ1) is 12.1. The molecule has 0 saturated heterocycles. The Morgan fingerprint density at radius 2 is 1.68 bits per heavy atom. The van der Waals surface area contributed by atoms with E-state index >= 15 is 0 Å². The monoisotopic (exact) mass is 354 g/mol. The van der Waals surface area contributed by atoms with Crippen LogP contribution in [0.3, 0.4) is 0 Å². The molecule has 0 radical (unpaired) electrons. The number of anilines is 1. The molecular weight excluding hydrogens is 336 g/mol. The van der Waals surface area contributed by atoms with Gasteiger partial charge in [-0.15, -0.1) is 11.3 Å². The minimum absolute atomic E-state index is 0.259. The first kappa shape index (κ1) is 17.0. The third kappa shape index (κ3) is 3.80. The number of ether oxygens (including phenoxy) is 2. The third-order valence-corrected chi connectivity index (χ3v) is 4.56. The number of amides is 1. The summed E-state index contributed by atoms with van der Waals surface area (Å²) in [7, 11) is 3.10. The maximum atomic E-state index is 12.6. The maximum Gasteiger partial charge on any atom is 0.257 e. The van der Waals surface area contributed by atoms with Gasteiger partial charge in [-0.25, -0.2) is 4.98 Å². The second-order valence-electron chi connectivity index (χ2n) is 5.35. The normalized spacial score (nSPS) is 10.4. The fraction of sp³-hybridized carbons (Fsp3) is 0.158. The van der Waals surface area contributed by atoms with Crippen molar-refractivity contribution in [2.24, 2.45) is 0 Å². The number of thiazole rings is 1. The van der Waals surface area contributed by atoms with E-state index in [1.807, 2.05) is 37.3 Å². The van der Waals surface area contributed by atoms with Crippen LogP contribution in [0.4, 0.5) is 5.13 Å². The summed E-state index contributed by atoms with van der Waals surface area (Å²) >= 11 is 1.45. The molecule has 0 aliphatic rings. The summed E-state index contributed by atoms with van der Waals surface area (Å²) in [6.07, 6.45) is 0. The highest BCUT2D eigenvalue weighted by molar-refractivity contribution is 7.16. The average molecular weight is 354 g/mol. The van der Waals surface area contributed by atoms with Crippen LogP contribution in [0.1, 0.15) is 15.2 Å². The van der Waals surface area contributed by atoms with E-state index in [4.69, 9.17) is 9.47 Å². The van der Waals surface area contributed by atoms with Crippen molar-refractivity contribution in [3.63, 3.8) is 0 Å². The second kappa shape index (κ2) is 7.36. The highest BCUT2D eigenvalue weighted by atomic mass is 32.1. The van der Waals surface area contributed by atoms with Gasteiger partial charge in [0, 0.05) is 22.1 Å². The van der Waals surface area contributed by atoms with Crippen molar-refractivity contribution in [3.8, 4) is 22.8 Å². The molecule has 0 fully saturated rings. The van der Waals surface area contributed by atoms with Gasteiger partial charge in [0.25, 0.3) is 5.91 Å². The molecule has 0 saturated carbocycles. The first-order valence-electron chi connectivity index (χ1n) is 7.68. The molecule has 3 rings (SSSR count). The van der Waals surface area contributed by atoms with Gasteiger partial charge in [0.2, 0.25) is 0 Å². The van der Waals surface area contributed by atoms with E-state index in [0.717, 1.165) is 16.1 Å². The predicted octanol–water partition coefficient (Wildman–Crippen LogP) is 4.39. The summed E-state index contributed by atoms with van der Waals surface area (Å²) in [4.78, 5) is 18.2. The van der Waals surface area contributed by atoms with E-state index in [1.54, 1.807) is 32.4 Å². The second-order valence-corrected chi connectivity index (χ2v) is 6.55. The lowest BCUT2D eigenvalue weighted by atomic mass is 10.1. The van der Waals surface area contributed by atoms with Gasteiger partial charge in [0.1, 0.15) is 11.5 Å². The Labute approximate surface area is 150 Å². The molecule has 128 valence electrons. The number of nitrogens with one attached hydrogen (secondary N) is 1. The molecule has 25 heavy (non-hydrogen) atoms. The fourth-order valence-corrected chi connectivity index (χ4v) is 3.25. The number of aromatic nitrogens is 1. The maximum absolute atomic E-state index is 12.6. The fourth-order valence-electron chi connectivity index (χ4n) is 2.42. The van der Waals surface area contributed by atoms with E-state index in [9.17, 15) is 4.79 Å². The molecule has 3 aromatic rings. The summed E-state index contributed by atoms with van der Waals surface area (Å²) in [5.41, 5.74) is 2.36. The van der Waals surface area contributed by atoms with Crippen molar-refractivity contribution in [1.82, 2.24) is 4.98 Å².